The minimum atomic E-state index is -0.965. The molecule has 5 nitrogen and oxygen atoms in total. The summed E-state index contributed by atoms with van der Waals surface area (Å²) in [6, 6.07) is 11.9. The molecule has 2 N–H and O–H groups in total. The molecule has 23 heavy (non-hydrogen) atoms. The predicted octanol–water partition coefficient (Wildman–Crippen LogP) is 3.64. The second-order valence-corrected chi connectivity index (χ2v) is 5.20. The molecule has 0 aliphatic heterocycles. The topological polar surface area (TPSA) is 71.7 Å². The monoisotopic (exact) mass is 311 g/mol. The molecule has 0 fully saturated rings. The molecule has 0 saturated carbocycles. The number of rotatable bonds is 5. The number of carboxylic acid groups (broad SMARTS) is 1. The molecular weight excluding hydrogens is 294 g/mol. The number of hydrogen-bond acceptors (Lipinski definition) is 3. The van der Waals surface area contributed by atoms with Gasteiger partial charge in [0.25, 0.3) is 0 Å². The second kappa shape index (κ2) is 6.04. The van der Waals surface area contributed by atoms with Crippen LogP contribution in [0, 0.1) is 0 Å². The minimum absolute atomic E-state index is 0.0604. The number of benzene rings is 2. The van der Waals surface area contributed by atoms with Gasteiger partial charge in [-0.1, -0.05) is 18.2 Å². The Hall–Kier alpha value is -2.95. The van der Waals surface area contributed by atoms with Crippen molar-refractivity contribution in [3.63, 3.8) is 0 Å². The molecular formula is C18H17NO4. The lowest BCUT2D eigenvalue weighted by molar-refractivity contribution is 0.0699. The van der Waals surface area contributed by atoms with Crippen LogP contribution in [0.1, 0.15) is 22.8 Å². The Balaban J connectivity index is 2.03. The van der Waals surface area contributed by atoms with Crippen molar-refractivity contribution in [3.05, 3.63) is 59.8 Å². The highest BCUT2D eigenvalue weighted by Crippen LogP contribution is 2.29. The van der Waals surface area contributed by atoms with Gasteiger partial charge in [0.15, 0.2) is 11.5 Å². The van der Waals surface area contributed by atoms with Crippen molar-refractivity contribution in [2.75, 3.05) is 0 Å². The van der Waals surface area contributed by atoms with Crippen molar-refractivity contribution in [1.82, 2.24) is 4.57 Å². The molecule has 1 heterocycles. The molecule has 1 aromatic heterocycles. The van der Waals surface area contributed by atoms with Crippen molar-refractivity contribution in [2.24, 2.45) is 0 Å². The van der Waals surface area contributed by atoms with Crippen LogP contribution in [0.4, 0.5) is 0 Å². The van der Waals surface area contributed by atoms with Crippen LogP contribution in [0.25, 0.3) is 10.9 Å². The lowest BCUT2D eigenvalue weighted by atomic mass is 10.1. The number of aromatic carboxylic acids is 1. The lowest BCUT2D eigenvalue weighted by Crippen LogP contribution is -2.00. The van der Waals surface area contributed by atoms with E-state index in [0.29, 0.717) is 11.1 Å². The first-order valence-corrected chi connectivity index (χ1v) is 7.36. The average molecular weight is 311 g/mol. The summed E-state index contributed by atoms with van der Waals surface area (Å²) in [7, 11) is 0. The molecule has 0 aliphatic carbocycles. The molecule has 3 rings (SSSR count). The fourth-order valence-electron chi connectivity index (χ4n) is 2.72. The standard InChI is InChI=1S/C18H17NO4/c1-2-19-10-12(11-23-16-9-4-3-8-15(16)20)17-13(18(21)22)6-5-7-14(17)19/h3-10,20H,2,11H2,1H3,(H,21,22). The maximum Gasteiger partial charge on any atom is 0.336 e. The number of fused-ring (bicyclic) bond motifs is 1. The number of aromatic hydroxyl groups is 1. The Morgan fingerprint density at radius 2 is 1.96 bits per heavy atom. The largest absolute Gasteiger partial charge is 0.504 e. The van der Waals surface area contributed by atoms with Crippen LogP contribution >= 0.6 is 0 Å². The highest BCUT2D eigenvalue weighted by atomic mass is 16.5. The summed E-state index contributed by atoms with van der Waals surface area (Å²) in [4.78, 5) is 11.5. The molecule has 0 radical (unpaired) electrons. The number of carboxylic acids is 1. The van der Waals surface area contributed by atoms with Crippen molar-refractivity contribution in [2.45, 2.75) is 20.1 Å². The van der Waals surface area contributed by atoms with E-state index in [1.807, 2.05) is 23.8 Å². The number of para-hydroxylation sites is 2. The molecule has 0 amide bonds. The van der Waals surface area contributed by atoms with Gasteiger partial charge in [-0.25, -0.2) is 4.79 Å². The van der Waals surface area contributed by atoms with E-state index < -0.39 is 5.97 Å². The number of hydrogen-bond donors (Lipinski definition) is 2. The van der Waals surface area contributed by atoms with Gasteiger partial charge in [0.05, 0.1) is 5.56 Å². The molecule has 0 bridgehead atoms. The first-order chi connectivity index (χ1) is 11.1. The third-order valence-electron chi connectivity index (χ3n) is 3.80. The molecule has 3 aromatic rings. The zero-order valence-corrected chi connectivity index (χ0v) is 12.7. The number of ether oxygens (including phenoxy) is 1. The fraction of sp³-hybridized carbons (Fsp3) is 0.167. The van der Waals surface area contributed by atoms with Crippen LogP contribution < -0.4 is 4.74 Å². The van der Waals surface area contributed by atoms with Crippen LogP contribution in [0.15, 0.2) is 48.7 Å². The SMILES string of the molecule is CCn1cc(COc2ccccc2O)c2c(C(=O)O)cccc21. The minimum Gasteiger partial charge on any atom is -0.504 e. The normalized spacial score (nSPS) is 10.8. The van der Waals surface area contributed by atoms with E-state index >= 15 is 0 Å². The van der Waals surface area contributed by atoms with Crippen LogP contribution in [-0.4, -0.2) is 20.7 Å². The van der Waals surface area contributed by atoms with E-state index in [-0.39, 0.29) is 17.9 Å². The van der Waals surface area contributed by atoms with E-state index in [1.54, 1.807) is 36.4 Å². The number of phenols is 1. The Labute approximate surface area is 133 Å². The highest BCUT2D eigenvalue weighted by molar-refractivity contribution is 6.04. The van der Waals surface area contributed by atoms with Gasteiger partial charge in [-0.15, -0.1) is 0 Å². The van der Waals surface area contributed by atoms with Crippen molar-refractivity contribution >= 4 is 16.9 Å². The first kappa shape index (κ1) is 15.0. The Morgan fingerprint density at radius 3 is 2.65 bits per heavy atom. The quantitative estimate of drug-likeness (QED) is 0.754. The average Bonchev–Trinajstić information content (AvgIpc) is 2.92. The van der Waals surface area contributed by atoms with Gasteiger partial charge in [0.2, 0.25) is 0 Å². The summed E-state index contributed by atoms with van der Waals surface area (Å²) in [5, 5.41) is 19.9. The zero-order valence-electron chi connectivity index (χ0n) is 12.7. The van der Waals surface area contributed by atoms with Gasteiger partial charge in [-0.2, -0.15) is 0 Å². The van der Waals surface area contributed by atoms with Crippen LogP contribution in [0.2, 0.25) is 0 Å². The molecule has 2 aromatic carbocycles. The van der Waals surface area contributed by atoms with E-state index in [0.717, 1.165) is 17.6 Å². The van der Waals surface area contributed by atoms with Gasteiger partial charge >= 0.3 is 5.97 Å². The van der Waals surface area contributed by atoms with Gasteiger partial charge in [0.1, 0.15) is 6.61 Å². The number of phenolic OH excluding ortho intramolecular Hbond substituents is 1. The van der Waals surface area contributed by atoms with E-state index in [2.05, 4.69) is 0 Å². The third kappa shape index (κ3) is 2.73. The van der Waals surface area contributed by atoms with E-state index in [9.17, 15) is 15.0 Å². The Bertz CT molecular complexity index is 867. The fourth-order valence-corrected chi connectivity index (χ4v) is 2.72. The Morgan fingerprint density at radius 1 is 1.17 bits per heavy atom. The first-order valence-electron chi connectivity index (χ1n) is 7.36. The summed E-state index contributed by atoms with van der Waals surface area (Å²) in [6.45, 7) is 2.92. The van der Waals surface area contributed by atoms with E-state index in [1.165, 1.54) is 0 Å². The second-order valence-electron chi connectivity index (χ2n) is 5.20. The molecule has 0 unspecified atom stereocenters. The smallest absolute Gasteiger partial charge is 0.336 e. The van der Waals surface area contributed by atoms with Gasteiger partial charge < -0.3 is 19.5 Å². The summed E-state index contributed by atoms with van der Waals surface area (Å²) in [5.41, 5.74) is 1.90. The Kier molecular flexibility index (Phi) is 3.93. The van der Waals surface area contributed by atoms with Gasteiger partial charge in [-0.05, 0) is 31.2 Å². The lowest BCUT2D eigenvalue weighted by Gasteiger charge is -2.07. The summed E-state index contributed by atoms with van der Waals surface area (Å²) in [6.07, 6.45) is 1.90. The van der Waals surface area contributed by atoms with Crippen LogP contribution in [-0.2, 0) is 13.2 Å². The molecule has 5 heteroatoms. The van der Waals surface area contributed by atoms with Gasteiger partial charge in [-0.3, -0.25) is 0 Å². The van der Waals surface area contributed by atoms with Crippen LogP contribution in [0.5, 0.6) is 11.5 Å². The predicted molar refractivity (Wildman–Crippen MR) is 87.0 cm³/mol. The summed E-state index contributed by atoms with van der Waals surface area (Å²) >= 11 is 0. The number of nitrogens with zero attached hydrogens (tertiary/aromatic N) is 1. The highest BCUT2D eigenvalue weighted by Gasteiger charge is 2.16. The summed E-state index contributed by atoms with van der Waals surface area (Å²) in [5.74, 6) is -0.531. The number of aryl methyl sites for hydroxylation is 1. The number of aromatic nitrogens is 1. The van der Waals surface area contributed by atoms with Crippen molar-refractivity contribution in [1.29, 1.82) is 0 Å². The van der Waals surface area contributed by atoms with Crippen molar-refractivity contribution in [3.8, 4) is 11.5 Å². The maximum absolute atomic E-state index is 11.5. The summed E-state index contributed by atoms with van der Waals surface area (Å²) < 4.78 is 7.66. The zero-order chi connectivity index (χ0) is 16.4. The molecule has 0 spiro atoms. The van der Waals surface area contributed by atoms with Gasteiger partial charge in [0, 0.05) is 29.2 Å². The molecule has 0 atom stereocenters. The molecule has 118 valence electrons. The molecule has 0 aliphatic rings. The van der Waals surface area contributed by atoms with E-state index in [4.69, 9.17) is 4.74 Å². The third-order valence-corrected chi connectivity index (χ3v) is 3.80. The van der Waals surface area contributed by atoms with Crippen LogP contribution in [0.3, 0.4) is 0 Å². The number of carbonyl (C=O) groups is 1. The van der Waals surface area contributed by atoms with Crippen molar-refractivity contribution < 1.29 is 19.7 Å². The maximum atomic E-state index is 11.5. The molecule has 0 saturated heterocycles.